The zero-order valence-corrected chi connectivity index (χ0v) is 27.9. The van der Waals surface area contributed by atoms with Crippen LogP contribution in [-0.2, 0) is 42.9 Å². The summed E-state index contributed by atoms with van der Waals surface area (Å²) in [6, 6.07) is 3.86. The number of hydrogen-bond donors (Lipinski definition) is 0. The molecule has 1 aromatic carbocycles. The van der Waals surface area contributed by atoms with Gasteiger partial charge in [-0.05, 0) is 57.4 Å². The van der Waals surface area contributed by atoms with E-state index in [0.29, 0.717) is 28.1 Å². The maximum absolute atomic E-state index is 13.8. The van der Waals surface area contributed by atoms with Crippen LogP contribution >= 0.6 is 35.3 Å². The second-order valence-electron chi connectivity index (χ2n) is 10.4. The van der Waals surface area contributed by atoms with Crippen LogP contribution in [0.1, 0.15) is 50.3 Å². The first-order valence-electron chi connectivity index (χ1n) is 13.3. The summed E-state index contributed by atoms with van der Waals surface area (Å²) in [6.45, 7) is 9.53. The monoisotopic (exact) mass is 647 g/mol. The standard InChI is InChI=1S/C30H33NO9S3/c1-10-11-18(32)31-17-13-15(3)14(2)12-16(17)19-24(29(31,4)5)41-21(26(34)38-7)20(25(33)37-6)30(19)42-22(27(35)39-8)23(43-30)28(36)40-9/h12-13H,10-11H2,1-9H3. The van der Waals surface area contributed by atoms with E-state index < -0.39 is 33.5 Å². The predicted octanol–water partition coefficient (Wildman–Crippen LogP) is 5.02. The molecule has 4 rings (SSSR count). The van der Waals surface area contributed by atoms with Crippen molar-refractivity contribution in [2.75, 3.05) is 33.3 Å². The van der Waals surface area contributed by atoms with Crippen LogP contribution in [0.5, 0.6) is 0 Å². The van der Waals surface area contributed by atoms with Gasteiger partial charge in [0.2, 0.25) is 5.91 Å². The minimum absolute atomic E-state index is 0.0771. The molecular weight excluding hydrogens is 615 g/mol. The Labute approximate surface area is 262 Å². The number of esters is 4. The van der Waals surface area contributed by atoms with Crippen LogP contribution in [0.25, 0.3) is 5.57 Å². The molecule has 1 aromatic rings. The van der Waals surface area contributed by atoms with Crippen molar-refractivity contribution in [2.24, 2.45) is 0 Å². The Kier molecular flexibility index (Phi) is 9.20. The van der Waals surface area contributed by atoms with Gasteiger partial charge in [-0.15, -0.1) is 0 Å². The Morgan fingerprint density at radius 1 is 0.767 bits per heavy atom. The average Bonchev–Trinajstić information content (AvgIpc) is 3.36. The van der Waals surface area contributed by atoms with Crippen molar-refractivity contribution >= 4 is 76.3 Å². The number of methoxy groups -OCH3 is 4. The number of ether oxygens (including phenoxy) is 4. The topological polar surface area (TPSA) is 126 Å². The average molecular weight is 648 g/mol. The van der Waals surface area contributed by atoms with E-state index in [2.05, 4.69) is 0 Å². The van der Waals surface area contributed by atoms with Gasteiger partial charge in [0.25, 0.3) is 0 Å². The van der Waals surface area contributed by atoms with Crippen LogP contribution in [0.15, 0.2) is 37.3 Å². The maximum atomic E-state index is 13.8. The van der Waals surface area contributed by atoms with Gasteiger partial charge in [0, 0.05) is 22.5 Å². The quantitative estimate of drug-likeness (QED) is 0.304. The fourth-order valence-electron chi connectivity index (χ4n) is 5.34. The highest BCUT2D eigenvalue weighted by Gasteiger charge is 2.61. The lowest BCUT2D eigenvalue weighted by Crippen LogP contribution is -2.53. The third-order valence-corrected chi connectivity index (χ3v) is 12.1. The number of hydrogen-bond acceptors (Lipinski definition) is 12. The van der Waals surface area contributed by atoms with Crippen molar-refractivity contribution in [2.45, 2.75) is 57.1 Å². The molecule has 43 heavy (non-hydrogen) atoms. The summed E-state index contributed by atoms with van der Waals surface area (Å²) in [5, 5.41) is 0. The smallest absolute Gasteiger partial charge is 0.345 e. The number of aryl methyl sites for hydroxylation is 2. The molecule has 0 N–H and O–H groups in total. The lowest BCUT2D eigenvalue weighted by molar-refractivity contribution is -0.138. The number of anilines is 1. The van der Waals surface area contributed by atoms with E-state index in [0.717, 1.165) is 46.4 Å². The van der Waals surface area contributed by atoms with Crippen LogP contribution in [0, 0.1) is 13.8 Å². The van der Waals surface area contributed by atoms with E-state index in [1.807, 2.05) is 46.8 Å². The molecule has 0 saturated carbocycles. The van der Waals surface area contributed by atoms with Crippen molar-refractivity contribution in [3.8, 4) is 0 Å². The zero-order valence-electron chi connectivity index (χ0n) is 25.4. The van der Waals surface area contributed by atoms with E-state index in [1.165, 1.54) is 28.4 Å². The van der Waals surface area contributed by atoms with E-state index in [1.54, 1.807) is 4.90 Å². The highest BCUT2D eigenvalue weighted by molar-refractivity contribution is 8.26. The molecule has 0 aromatic heterocycles. The molecule has 0 bridgehead atoms. The normalized spacial score (nSPS) is 18.3. The van der Waals surface area contributed by atoms with Crippen LogP contribution in [-0.4, -0.2) is 67.8 Å². The first-order valence-corrected chi connectivity index (χ1v) is 15.8. The van der Waals surface area contributed by atoms with Crippen LogP contribution in [0.3, 0.4) is 0 Å². The molecular formula is C30H33NO9S3. The van der Waals surface area contributed by atoms with Gasteiger partial charge in [0.05, 0.1) is 45.2 Å². The van der Waals surface area contributed by atoms with Crippen LogP contribution in [0.4, 0.5) is 5.69 Å². The number of carbonyl (C=O) groups is 5. The predicted molar refractivity (Wildman–Crippen MR) is 167 cm³/mol. The summed E-state index contributed by atoms with van der Waals surface area (Å²) >= 11 is 2.84. The molecule has 13 heteroatoms. The second kappa shape index (κ2) is 12.1. The molecule has 0 fully saturated rings. The number of carbonyl (C=O) groups excluding carboxylic acids is 5. The molecule has 0 saturated heterocycles. The van der Waals surface area contributed by atoms with Crippen LogP contribution in [0.2, 0.25) is 0 Å². The SMILES string of the molecule is CCCC(=O)N1c2cc(C)c(C)cc2C2=C(SC(C(=O)OC)=C(C(=O)OC)C23SC(C(=O)OC)=C(C(=O)OC)S3)C1(C)C. The molecule has 10 nitrogen and oxygen atoms in total. The van der Waals surface area contributed by atoms with Crippen molar-refractivity contribution in [3.63, 3.8) is 0 Å². The summed E-state index contributed by atoms with van der Waals surface area (Å²) in [5.74, 6) is -3.39. The van der Waals surface area contributed by atoms with Gasteiger partial charge in [-0.3, -0.25) is 4.79 Å². The molecule has 0 radical (unpaired) electrons. The maximum Gasteiger partial charge on any atom is 0.345 e. The zero-order chi connectivity index (χ0) is 32.0. The number of benzene rings is 1. The van der Waals surface area contributed by atoms with Crippen molar-refractivity contribution in [1.82, 2.24) is 0 Å². The molecule has 1 spiro atoms. The minimum Gasteiger partial charge on any atom is -0.466 e. The van der Waals surface area contributed by atoms with Gasteiger partial charge in [0.15, 0.2) is 0 Å². The van der Waals surface area contributed by atoms with Gasteiger partial charge in [-0.2, -0.15) is 0 Å². The molecule has 3 aliphatic rings. The highest BCUT2D eigenvalue weighted by atomic mass is 32.2. The van der Waals surface area contributed by atoms with E-state index in [4.69, 9.17) is 18.9 Å². The fraction of sp³-hybridized carbons (Fsp3) is 0.433. The van der Waals surface area contributed by atoms with Gasteiger partial charge in [-0.1, -0.05) is 42.2 Å². The summed E-state index contributed by atoms with van der Waals surface area (Å²) < 4.78 is 18.8. The summed E-state index contributed by atoms with van der Waals surface area (Å²) in [6.07, 6.45) is 0.903. The molecule has 3 heterocycles. The Morgan fingerprint density at radius 3 is 1.74 bits per heavy atom. The molecule has 0 atom stereocenters. The van der Waals surface area contributed by atoms with Crippen molar-refractivity contribution in [1.29, 1.82) is 0 Å². The molecule has 0 aliphatic carbocycles. The molecule has 0 unspecified atom stereocenters. The van der Waals surface area contributed by atoms with Gasteiger partial charge in [0.1, 0.15) is 18.8 Å². The first kappa shape index (κ1) is 32.7. The Morgan fingerprint density at radius 2 is 1.26 bits per heavy atom. The van der Waals surface area contributed by atoms with Crippen LogP contribution < -0.4 is 4.90 Å². The molecule has 1 amide bonds. The highest BCUT2D eigenvalue weighted by Crippen LogP contribution is 2.71. The fourth-order valence-corrected chi connectivity index (χ4v) is 10.4. The van der Waals surface area contributed by atoms with Gasteiger partial charge >= 0.3 is 23.9 Å². The number of thioether (sulfide) groups is 3. The number of nitrogens with zero attached hydrogens (tertiary/aromatic N) is 1. The Balaban J connectivity index is 2.20. The lowest BCUT2D eigenvalue weighted by atomic mass is 9.82. The Hall–Kier alpha value is -3.16. The molecule has 3 aliphatic heterocycles. The summed E-state index contributed by atoms with van der Waals surface area (Å²) in [7, 11) is 4.74. The third kappa shape index (κ3) is 5.08. The minimum atomic E-state index is -1.60. The number of fused-ring (bicyclic) bond motifs is 3. The number of rotatable bonds is 6. The van der Waals surface area contributed by atoms with Crippen molar-refractivity contribution in [3.05, 3.63) is 54.0 Å². The van der Waals surface area contributed by atoms with Gasteiger partial charge < -0.3 is 23.8 Å². The number of amides is 1. The molecule has 230 valence electrons. The lowest BCUT2D eigenvalue weighted by Gasteiger charge is -2.51. The van der Waals surface area contributed by atoms with E-state index in [-0.39, 0.29) is 32.6 Å². The summed E-state index contributed by atoms with van der Waals surface area (Å²) in [4.78, 5) is 69.2. The first-order chi connectivity index (χ1) is 20.2. The summed E-state index contributed by atoms with van der Waals surface area (Å²) in [5.41, 5.74) is 2.52. The van der Waals surface area contributed by atoms with Crippen molar-refractivity contribution < 1.29 is 42.9 Å². The van der Waals surface area contributed by atoms with E-state index in [9.17, 15) is 24.0 Å². The van der Waals surface area contributed by atoms with Gasteiger partial charge in [-0.25, -0.2) is 19.2 Å². The third-order valence-electron chi connectivity index (χ3n) is 7.47. The largest absolute Gasteiger partial charge is 0.466 e. The van der Waals surface area contributed by atoms with E-state index >= 15 is 0 Å². The second-order valence-corrected chi connectivity index (χ2v) is 14.2. The Bertz CT molecular complexity index is 1530.